The summed E-state index contributed by atoms with van der Waals surface area (Å²) < 4.78 is 0. The molecular weight excluding hydrogens is 599 g/mol. The maximum atomic E-state index is 5.28. The maximum Gasteiger partial charge on any atom is 0.0950 e. The zero-order valence-corrected chi connectivity index (χ0v) is 28.7. The molecule has 9 rings (SSSR count). The third-order valence-electron chi connectivity index (χ3n) is 10.8. The second-order valence-electron chi connectivity index (χ2n) is 14.0. The van der Waals surface area contributed by atoms with Crippen LogP contribution in [0.1, 0.15) is 59.6 Å². The first-order valence-electron chi connectivity index (χ1n) is 17.3. The molecule has 234 valence electrons. The average Bonchev–Trinajstić information content (AvgIpc) is 3.62. The van der Waals surface area contributed by atoms with E-state index >= 15 is 0 Å². The minimum Gasteiger partial charge on any atom is -0.277 e. The number of aryl methyl sites for hydroxylation is 2. The molecule has 0 radical (unpaired) electrons. The first-order chi connectivity index (χ1) is 23.5. The minimum atomic E-state index is 0.344. The van der Waals surface area contributed by atoms with Gasteiger partial charge in [-0.1, -0.05) is 149 Å². The molecule has 0 bridgehead atoms. The molecule has 2 unspecified atom stereocenters. The Morgan fingerprint density at radius 3 is 1.96 bits per heavy atom. The van der Waals surface area contributed by atoms with Crippen LogP contribution in [0.15, 0.2) is 137 Å². The summed E-state index contributed by atoms with van der Waals surface area (Å²) in [6.45, 7) is 7.44. The van der Waals surface area contributed by atoms with E-state index in [0.29, 0.717) is 11.2 Å². The van der Waals surface area contributed by atoms with E-state index in [1.807, 2.05) is 11.8 Å². The van der Waals surface area contributed by atoms with Crippen molar-refractivity contribution in [3.63, 3.8) is 0 Å². The predicted molar refractivity (Wildman–Crippen MR) is 208 cm³/mol. The number of allylic oxidation sites excluding steroid dienone is 4. The lowest BCUT2D eigenvalue weighted by atomic mass is 9.74. The first-order valence-corrected chi connectivity index (χ1v) is 18.2. The molecule has 2 aliphatic carbocycles. The Hall–Kier alpha value is -4.66. The van der Waals surface area contributed by atoms with E-state index in [1.54, 1.807) is 5.57 Å². The van der Waals surface area contributed by atoms with Crippen molar-refractivity contribution in [3.05, 3.63) is 160 Å². The van der Waals surface area contributed by atoms with Crippen LogP contribution < -0.4 is 5.22 Å². The van der Waals surface area contributed by atoms with Crippen molar-refractivity contribution in [2.45, 2.75) is 51.2 Å². The molecule has 6 aromatic rings. The van der Waals surface area contributed by atoms with Gasteiger partial charge >= 0.3 is 0 Å². The van der Waals surface area contributed by atoms with Gasteiger partial charge in [-0.2, -0.15) is 0 Å². The van der Waals surface area contributed by atoms with Crippen molar-refractivity contribution < 1.29 is 0 Å². The zero-order valence-electron chi connectivity index (χ0n) is 27.9. The quantitative estimate of drug-likeness (QED) is 0.183. The standard InChI is InChI=1S/C46H39NS/c1-28-9-15-31(16-10-28)39-25-40(32-17-11-29(2)12-18-32)36-23-24-38-42(46-47-27-43(48-46)34-7-5-4-6-8-34)26-41(33-19-13-30(3)14-20-33)37-22-21-35(39)44(36)45(37)38/h4-13,15-19,21-25,41,43H,14,20,26-27H2,1-3H3. The van der Waals surface area contributed by atoms with Crippen molar-refractivity contribution >= 4 is 43.9 Å². The largest absolute Gasteiger partial charge is 0.277 e. The van der Waals surface area contributed by atoms with Gasteiger partial charge in [0.2, 0.25) is 0 Å². The third-order valence-corrected chi connectivity index (χ3v) is 12.1. The van der Waals surface area contributed by atoms with Crippen LogP contribution in [0.4, 0.5) is 0 Å². The Bertz CT molecular complexity index is 2310. The van der Waals surface area contributed by atoms with Crippen LogP contribution in [-0.2, 0) is 0 Å². The summed E-state index contributed by atoms with van der Waals surface area (Å²) in [4.78, 5) is 5.28. The minimum absolute atomic E-state index is 0.344. The van der Waals surface area contributed by atoms with Crippen LogP contribution in [0.2, 0.25) is 0 Å². The highest BCUT2D eigenvalue weighted by atomic mass is 32.2. The Labute approximate surface area is 287 Å². The van der Waals surface area contributed by atoms with E-state index in [1.165, 1.54) is 87.5 Å². The van der Waals surface area contributed by atoms with E-state index < -0.39 is 0 Å². The summed E-state index contributed by atoms with van der Waals surface area (Å²) in [5.41, 5.74) is 15.0. The van der Waals surface area contributed by atoms with Crippen molar-refractivity contribution in [1.29, 1.82) is 0 Å². The smallest absolute Gasteiger partial charge is 0.0950 e. The Morgan fingerprint density at radius 2 is 1.31 bits per heavy atom. The van der Waals surface area contributed by atoms with Gasteiger partial charge in [-0.05, 0) is 112 Å². The molecular formula is C46H39NS. The maximum absolute atomic E-state index is 5.28. The second kappa shape index (κ2) is 11.8. The zero-order chi connectivity index (χ0) is 32.4. The fourth-order valence-corrected chi connectivity index (χ4v) is 9.34. The number of hydrogen-bond acceptors (Lipinski definition) is 2. The number of aliphatic imine (C=N–C) groups is 1. The molecule has 48 heavy (non-hydrogen) atoms. The van der Waals surface area contributed by atoms with E-state index in [9.17, 15) is 0 Å². The number of hydrogen-bond donors (Lipinski definition) is 0. The molecule has 1 heterocycles. The topological polar surface area (TPSA) is 12.4 Å². The van der Waals surface area contributed by atoms with Gasteiger partial charge in [0.1, 0.15) is 0 Å². The fraction of sp³-hybridized carbons (Fsp3) is 0.196. The third kappa shape index (κ3) is 4.97. The van der Waals surface area contributed by atoms with Crippen molar-refractivity contribution in [1.82, 2.24) is 0 Å². The Kier molecular flexibility index (Phi) is 7.24. The van der Waals surface area contributed by atoms with Gasteiger partial charge in [-0.25, -0.2) is 0 Å². The van der Waals surface area contributed by atoms with Gasteiger partial charge in [-0.15, -0.1) is 0 Å². The molecule has 1 aliphatic heterocycles. The number of rotatable bonds is 5. The van der Waals surface area contributed by atoms with Gasteiger partial charge in [0, 0.05) is 5.92 Å². The highest BCUT2D eigenvalue weighted by Crippen LogP contribution is 2.49. The molecule has 3 aliphatic rings. The fourth-order valence-electron chi connectivity index (χ4n) is 8.14. The number of benzene rings is 6. The number of nitrogens with zero attached hydrogens (tertiary/aromatic N) is 1. The molecule has 0 N–H and O–H groups in total. The SMILES string of the molecule is CC1=CC=C(C2CC(C3=NCC(c4ccccc4)S3)=c3ccc4c(-c5ccc(C)cc5)cc(-c5ccc(C)cc5)c5ccc2c3c54)CC1. The Balaban J connectivity index is 1.34. The van der Waals surface area contributed by atoms with Gasteiger partial charge in [0.15, 0.2) is 0 Å². The van der Waals surface area contributed by atoms with Gasteiger partial charge in [0.25, 0.3) is 0 Å². The molecule has 6 aromatic carbocycles. The van der Waals surface area contributed by atoms with Crippen LogP contribution in [0.3, 0.4) is 0 Å². The molecule has 0 aromatic heterocycles. The van der Waals surface area contributed by atoms with Crippen LogP contribution in [0.5, 0.6) is 0 Å². The van der Waals surface area contributed by atoms with Crippen molar-refractivity contribution in [2.75, 3.05) is 6.54 Å². The van der Waals surface area contributed by atoms with Crippen LogP contribution in [0, 0.1) is 13.8 Å². The van der Waals surface area contributed by atoms with E-state index in [2.05, 4.69) is 142 Å². The predicted octanol–water partition coefficient (Wildman–Crippen LogP) is 11.9. The van der Waals surface area contributed by atoms with E-state index in [-0.39, 0.29) is 0 Å². The van der Waals surface area contributed by atoms with Crippen molar-refractivity contribution in [2.24, 2.45) is 4.99 Å². The highest BCUT2D eigenvalue weighted by Gasteiger charge is 2.32. The molecule has 2 heteroatoms. The molecule has 0 saturated heterocycles. The number of thioether (sulfide) groups is 1. The highest BCUT2D eigenvalue weighted by molar-refractivity contribution is 8.15. The molecule has 0 saturated carbocycles. The summed E-state index contributed by atoms with van der Waals surface area (Å²) in [6.07, 6.45) is 8.05. The lowest BCUT2D eigenvalue weighted by molar-refractivity contribution is 0.743. The molecule has 2 atom stereocenters. The van der Waals surface area contributed by atoms with Crippen LogP contribution in [0.25, 0.3) is 49.4 Å². The lowest BCUT2D eigenvalue weighted by Gasteiger charge is -2.31. The summed E-state index contributed by atoms with van der Waals surface area (Å²) >= 11 is 1.97. The lowest BCUT2D eigenvalue weighted by Crippen LogP contribution is -2.23. The van der Waals surface area contributed by atoms with Crippen molar-refractivity contribution in [3.8, 4) is 22.3 Å². The van der Waals surface area contributed by atoms with E-state index in [4.69, 9.17) is 4.99 Å². The van der Waals surface area contributed by atoms with Gasteiger partial charge in [0.05, 0.1) is 16.8 Å². The molecule has 0 amide bonds. The second-order valence-corrected chi connectivity index (χ2v) is 15.2. The monoisotopic (exact) mass is 637 g/mol. The Morgan fingerprint density at radius 1 is 0.646 bits per heavy atom. The van der Waals surface area contributed by atoms with Crippen LogP contribution in [-0.4, -0.2) is 11.6 Å². The molecule has 0 fully saturated rings. The average molecular weight is 638 g/mol. The molecule has 0 spiro atoms. The first kappa shape index (κ1) is 29.5. The van der Waals surface area contributed by atoms with E-state index in [0.717, 1.165) is 25.8 Å². The normalized spacial score (nSPS) is 19.1. The summed E-state index contributed by atoms with van der Waals surface area (Å²) in [5.74, 6) is 0.344. The summed E-state index contributed by atoms with van der Waals surface area (Å²) in [6, 6.07) is 41.3. The molecule has 1 nitrogen and oxygen atoms in total. The summed E-state index contributed by atoms with van der Waals surface area (Å²) in [7, 11) is 0. The van der Waals surface area contributed by atoms with Gasteiger partial charge in [-0.3, -0.25) is 4.99 Å². The van der Waals surface area contributed by atoms with Gasteiger partial charge < -0.3 is 0 Å². The summed E-state index contributed by atoms with van der Waals surface area (Å²) in [5, 5.41) is 8.47. The van der Waals surface area contributed by atoms with Crippen LogP contribution >= 0.6 is 11.8 Å².